The number of alkyl halides is 2. The van der Waals surface area contributed by atoms with E-state index in [4.69, 9.17) is 4.74 Å². The second-order valence-electron chi connectivity index (χ2n) is 14.3. The molecule has 3 fully saturated rings. The molecule has 0 spiro atoms. The summed E-state index contributed by atoms with van der Waals surface area (Å²) in [4.78, 5) is 32.3. The van der Waals surface area contributed by atoms with Crippen molar-refractivity contribution in [3.63, 3.8) is 0 Å². The molecular formula is C38H42F2N8O6S. The highest BCUT2D eigenvalue weighted by Crippen LogP contribution is 2.37. The van der Waals surface area contributed by atoms with Crippen molar-refractivity contribution in [2.45, 2.75) is 93.3 Å². The normalized spacial score (nSPS) is 21.4. The van der Waals surface area contributed by atoms with Crippen LogP contribution in [0.5, 0.6) is 5.75 Å². The fraction of sp³-hybridized carbons (Fsp3) is 0.474. The number of nitrogens with zero attached hydrogens (tertiary/aromatic N) is 6. The third-order valence-electron chi connectivity index (χ3n) is 10.8. The lowest BCUT2D eigenvalue weighted by Gasteiger charge is -2.31. The van der Waals surface area contributed by atoms with Crippen molar-refractivity contribution >= 4 is 38.7 Å². The van der Waals surface area contributed by atoms with E-state index in [1.165, 1.54) is 15.9 Å². The number of rotatable bonds is 12. The number of aryl methyl sites for hydroxylation is 1. The monoisotopic (exact) mass is 776 g/mol. The highest BCUT2D eigenvalue weighted by molar-refractivity contribution is 7.89. The second-order valence-corrected chi connectivity index (χ2v) is 16.2. The first-order valence-corrected chi connectivity index (χ1v) is 19.9. The molecule has 14 nitrogen and oxygen atoms in total. The first kappa shape index (κ1) is 38.2. The zero-order chi connectivity index (χ0) is 38.7. The van der Waals surface area contributed by atoms with Gasteiger partial charge >= 0.3 is 6.61 Å². The third-order valence-corrected chi connectivity index (χ3v) is 12.7. The lowest BCUT2D eigenvalue weighted by atomic mass is 9.82. The average Bonchev–Trinajstić information content (AvgIpc) is 3.50. The molecule has 0 bridgehead atoms. The van der Waals surface area contributed by atoms with Crippen molar-refractivity contribution in [3.05, 3.63) is 71.2 Å². The van der Waals surface area contributed by atoms with E-state index in [1.807, 2.05) is 13.1 Å². The standard InChI is InChI=1S/C38H42F2N8O6S/c1-47-33-19-24(5-9-31(33)35(46-47)32-10-11-34(49)45-36(32)50)23-2-6-28(7-3-23)53-17-14-25-18-30(8-4-26(25)20-41)55(51,52)48-15-12-27(13-16-48)44-38-42-21-29(22-43-38)54-37(39)40/h4-5,8-9,18-19,21-23,27-28,32,37H,2-3,6-7,10-17H2,1H3,(H,42,43,44)(H,45,49,50). The summed E-state index contributed by atoms with van der Waals surface area (Å²) in [6.45, 7) is -2.10. The number of benzene rings is 2. The molecule has 1 aliphatic carbocycles. The fourth-order valence-corrected chi connectivity index (χ4v) is 9.36. The van der Waals surface area contributed by atoms with E-state index in [2.05, 4.69) is 48.6 Å². The smallest absolute Gasteiger partial charge is 0.387 e. The van der Waals surface area contributed by atoms with E-state index < -0.39 is 22.6 Å². The summed E-state index contributed by atoms with van der Waals surface area (Å²) in [5.74, 6) is -0.560. The maximum Gasteiger partial charge on any atom is 0.387 e. The number of piperidine rings is 2. The highest BCUT2D eigenvalue weighted by atomic mass is 32.2. The van der Waals surface area contributed by atoms with Gasteiger partial charge in [-0.1, -0.05) is 12.1 Å². The summed E-state index contributed by atoms with van der Waals surface area (Å²) < 4.78 is 65.9. The lowest BCUT2D eigenvalue weighted by molar-refractivity contribution is -0.134. The van der Waals surface area contributed by atoms with Gasteiger partial charge in [-0.3, -0.25) is 19.6 Å². The minimum absolute atomic E-state index is 0.0532. The van der Waals surface area contributed by atoms with E-state index in [0.29, 0.717) is 61.4 Å². The molecule has 4 heterocycles. The van der Waals surface area contributed by atoms with Crippen molar-refractivity contribution < 1.29 is 36.3 Å². The topological polar surface area (TPSA) is 181 Å². The molecule has 55 heavy (non-hydrogen) atoms. The molecule has 7 rings (SSSR count). The van der Waals surface area contributed by atoms with Gasteiger partial charge in [-0.2, -0.15) is 23.4 Å². The number of carbonyl (C=O) groups excluding carboxylic acids is 2. The number of carbonyl (C=O) groups is 2. The molecule has 2 aliphatic heterocycles. The Labute approximate surface area is 317 Å². The van der Waals surface area contributed by atoms with Crippen LogP contribution < -0.4 is 15.4 Å². The van der Waals surface area contributed by atoms with Crippen molar-refractivity contribution in [2.24, 2.45) is 7.05 Å². The molecule has 0 radical (unpaired) electrons. The van der Waals surface area contributed by atoms with Crippen molar-refractivity contribution in [1.29, 1.82) is 5.26 Å². The van der Waals surface area contributed by atoms with Crippen LogP contribution in [0, 0.1) is 11.3 Å². The first-order valence-electron chi connectivity index (χ1n) is 18.5. The number of ether oxygens (including phenoxy) is 2. The van der Waals surface area contributed by atoms with Gasteiger partial charge in [0.2, 0.25) is 27.8 Å². The SMILES string of the molecule is Cn1nc(C2CCC(=O)NC2=O)c2ccc(C3CCC(OCCc4cc(S(=O)(=O)N5CCC(Nc6ncc(OC(F)F)cn6)CC5)ccc4C#N)CC3)cc21. The summed E-state index contributed by atoms with van der Waals surface area (Å²) in [6.07, 6.45) is 8.07. The largest absolute Gasteiger partial charge is 0.432 e. The van der Waals surface area contributed by atoms with Gasteiger partial charge < -0.3 is 14.8 Å². The van der Waals surface area contributed by atoms with E-state index in [1.54, 1.807) is 16.8 Å². The van der Waals surface area contributed by atoms with Gasteiger partial charge in [0.05, 0.1) is 58.8 Å². The van der Waals surface area contributed by atoms with Crippen LogP contribution >= 0.6 is 0 Å². The minimum Gasteiger partial charge on any atom is -0.432 e. The summed E-state index contributed by atoms with van der Waals surface area (Å²) >= 11 is 0. The molecular weight excluding hydrogens is 735 g/mol. The predicted molar refractivity (Wildman–Crippen MR) is 196 cm³/mol. The zero-order valence-corrected chi connectivity index (χ0v) is 31.1. The second kappa shape index (κ2) is 16.4. The number of imide groups is 1. The van der Waals surface area contributed by atoms with Crippen LogP contribution in [0.25, 0.3) is 10.9 Å². The molecule has 1 saturated carbocycles. The predicted octanol–water partition coefficient (Wildman–Crippen LogP) is 4.91. The third kappa shape index (κ3) is 8.61. The number of sulfonamides is 1. The summed E-state index contributed by atoms with van der Waals surface area (Å²) in [7, 11) is -1.95. The lowest BCUT2D eigenvalue weighted by Crippen LogP contribution is -2.42. The maximum atomic E-state index is 13.6. The molecule has 3 aliphatic rings. The molecule has 290 valence electrons. The maximum absolute atomic E-state index is 13.6. The van der Waals surface area contributed by atoms with Crippen LogP contribution in [-0.4, -0.2) is 82.7 Å². The Balaban J connectivity index is 0.903. The van der Waals surface area contributed by atoms with E-state index >= 15 is 0 Å². The Bertz CT molecular complexity index is 2190. The molecule has 2 N–H and O–H groups in total. The van der Waals surface area contributed by atoms with Crippen LogP contribution in [0.3, 0.4) is 0 Å². The van der Waals surface area contributed by atoms with Crippen LogP contribution in [0.2, 0.25) is 0 Å². The van der Waals surface area contributed by atoms with Gasteiger partial charge in [0, 0.05) is 38.0 Å². The van der Waals surface area contributed by atoms with Gasteiger partial charge in [0.1, 0.15) is 0 Å². The van der Waals surface area contributed by atoms with Crippen LogP contribution in [-0.2, 0) is 37.8 Å². The number of aromatic nitrogens is 4. The average molecular weight is 777 g/mol. The van der Waals surface area contributed by atoms with E-state index in [0.717, 1.165) is 49.0 Å². The Kier molecular flexibility index (Phi) is 11.4. The Hall–Kier alpha value is -5.05. The number of fused-ring (bicyclic) bond motifs is 1. The molecule has 1 unspecified atom stereocenters. The van der Waals surface area contributed by atoms with Crippen LogP contribution in [0.1, 0.15) is 85.6 Å². The quantitative estimate of drug-likeness (QED) is 0.187. The molecule has 2 aromatic carbocycles. The molecule has 17 heteroatoms. The summed E-state index contributed by atoms with van der Waals surface area (Å²) in [5, 5.41) is 20.9. The molecule has 1 atom stereocenters. The molecule has 2 saturated heterocycles. The molecule has 2 aromatic heterocycles. The Morgan fingerprint density at radius 3 is 2.45 bits per heavy atom. The minimum atomic E-state index is -3.83. The van der Waals surface area contributed by atoms with Crippen LogP contribution in [0.15, 0.2) is 53.7 Å². The van der Waals surface area contributed by atoms with Gasteiger partial charge in [0.15, 0.2) is 5.75 Å². The number of anilines is 1. The number of nitrogens with one attached hydrogen (secondary N) is 2. The molecule has 4 aromatic rings. The molecule has 2 amide bonds. The van der Waals surface area contributed by atoms with E-state index in [-0.39, 0.29) is 53.6 Å². The number of hydrogen-bond acceptors (Lipinski definition) is 11. The van der Waals surface area contributed by atoms with Crippen molar-refractivity contribution in [1.82, 2.24) is 29.4 Å². The highest BCUT2D eigenvalue weighted by Gasteiger charge is 2.33. The number of hydrogen-bond donors (Lipinski definition) is 2. The zero-order valence-electron chi connectivity index (χ0n) is 30.3. The van der Waals surface area contributed by atoms with Crippen molar-refractivity contribution in [3.8, 4) is 11.8 Å². The number of halogens is 2. The Morgan fingerprint density at radius 2 is 1.76 bits per heavy atom. The van der Waals surface area contributed by atoms with E-state index in [9.17, 15) is 32.0 Å². The summed E-state index contributed by atoms with van der Waals surface area (Å²) in [6, 6.07) is 13.0. The van der Waals surface area contributed by atoms with Crippen LogP contribution in [0.4, 0.5) is 14.7 Å². The van der Waals surface area contributed by atoms with Gasteiger partial charge in [0.25, 0.3) is 0 Å². The number of amides is 2. The van der Waals surface area contributed by atoms with Gasteiger partial charge in [-0.25, -0.2) is 18.4 Å². The fourth-order valence-electron chi connectivity index (χ4n) is 7.84. The summed E-state index contributed by atoms with van der Waals surface area (Å²) in [5.41, 5.74) is 3.89. The Morgan fingerprint density at radius 1 is 1.02 bits per heavy atom. The van der Waals surface area contributed by atoms with Crippen molar-refractivity contribution in [2.75, 3.05) is 25.0 Å². The van der Waals surface area contributed by atoms with Gasteiger partial charge in [-0.15, -0.1) is 0 Å². The van der Waals surface area contributed by atoms with Gasteiger partial charge in [-0.05, 0) is 92.7 Å². The first-order chi connectivity index (χ1) is 26.5. The number of nitriles is 1.